The molecule has 0 bridgehead atoms. The van der Waals surface area contributed by atoms with Crippen LogP contribution in [-0.2, 0) is 0 Å². The summed E-state index contributed by atoms with van der Waals surface area (Å²) in [5.41, 5.74) is 1.93. The van der Waals surface area contributed by atoms with Gasteiger partial charge in [-0.15, -0.1) is 0 Å². The van der Waals surface area contributed by atoms with Crippen LogP contribution in [0.4, 0.5) is 0 Å². The van der Waals surface area contributed by atoms with E-state index in [1.165, 1.54) is 11.8 Å². The van der Waals surface area contributed by atoms with Gasteiger partial charge < -0.3 is 10.4 Å². The minimum atomic E-state index is -0.357. The summed E-state index contributed by atoms with van der Waals surface area (Å²) in [6, 6.07) is 1.94. The Morgan fingerprint density at radius 1 is 1.40 bits per heavy atom. The number of thioether (sulfide) groups is 1. The predicted octanol–water partition coefficient (Wildman–Crippen LogP) is 0.766. The zero-order valence-corrected chi connectivity index (χ0v) is 10.1. The smallest absolute Gasteiger partial charge is 0.188 e. The van der Waals surface area contributed by atoms with E-state index in [1.807, 2.05) is 27.0 Å². The SMILES string of the molecule is CNCC(O)CSc1nc(C)cc(C)n1. The highest BCUT2D eigenvalue weighted by Gasteiger charge is 2.06. The van der Waals surface area contributed by atoms with Gasteiger partial charge in [-0.05, 0) is 27.0 Å². The van der Waals surface area contributed by atoms with Crippen molar-refractivity contribution in [2.24, 2.45) is 0 Å². The third kappa shape index (κ3) is 4.59. The van der Waals surface area contributed by atoms with Crippen LogP contribution in [0.3, 0.4) is 0 Å². The van der Waals surface area contributed by atoms with Crippen LogP contribution in [0.25, 0.3) is 0 Å². The summed E-state index contributed by atoms with van der Waals surface area (Å²) in [6.07, 6.45) is -0.357. The van der Waals surface area contributed by atoms with Crippen LogP contribution in [0.15, 0.2) is 11.2 Å². The molecule has 0 saturated carbocycles. The van der Waals surface area contributed by atoms with Gasteiger partial charge in [0.1, 0.15) is 0 Å². The molecule has 0 fully saturated rings. The molecule has 0 aliphatic rings. The van der Waals surface area contributed by atoms with Crippen molar-refractivity contribution in [2.75, 3.05) is 19.3 Å². The number of likely N-dealkylation sites (N-methyl/N-ethyl adjacent to an activating group) is 1. The predicted molar refractivity (Wildman–Crippen MR) is 62.2 cm³/mol. The monoisotopic (exact) mass is 227 g/mol. The molecule has 15 heavy (non-hydrogen) atoms. The van der Waals surface area contributed by atoms with Crippen molar-refractivity contribution in [3.63, 3.8) is 0 Å². The van der Waals surface area contributed by atoms with E-state index in [2.05, 4.69) is 15.3 Å². The normalized spacial score (nSPS) is 12.8. The Morgan fingerprint density at radius 2 is 2.00 bits per heavy atom. The van der Waals surface area contributed by atoms with Gasteiger partial charge in [-0.1, -0.05) is 11.8 Å². The molecule has 0 aliphatic heterocycles. The summed E-state index contributed by atoms with van der Waals surface area (Å²) in [6.45, 7) is 4.49. The maximum atomic E-state index is 9.51. The first kappa shape index (κ1) is 12.4. The maximum absolute atomic E-state index is 9.51. The molecule has 1 rings (SSSR count). The zero-order valence-electron chi connectivity index (χ0n) is 9.32. The van der Waals surface area contributed by atoms with Gasteiger partial charge in [0.25, 0.3) is 0 Å². The number of aryl methyl sites for hydroxylation is 2. The summed E-state index contributed by atoms with van der Waals surface area (Å²) in [5.74, 6) is 0.615. The quantitative estimate of drug-likeness (QED) is 0.574. The van der Waals surface area contributed by atoms with Crippen molar-refractivity contribution in [3.8, 4) is 0 Å². The molecule has 1 aromatic heterocycles. The summed E-state index contributed by atoms with van der Waals surface area (Å²) in [5, 5.41) is 13.2. The summed E-state index contributed by atoms with van der Waals surface area (Å²) in [4.78, 5) is 8.57. The average Bonchev–Trinajstić information content (AvgIpc) is 2.14. The molecule has 5 heteroatoms. The molecule has 1 unspecified atom stereocenters. The molecule has 4 nitrogen and oxygen atoms in total. The molecular formula is C10H17N3OS. The summed E-state index contributed by atoms with van der Waals surface area (Å²) >= 11 is 1.48. The van der Waals surface area contributed by atoms with Gasteiger partial charge in [-0.2, -0.15) is 0 Å². The lowest BCUT2D eigenvalue weighted by Crippen LogP contribution is -2.25. The van der Waals surface area contributed by atoms with Crippen LogP contribution in [0.1, 0.15) is 11.4 Å². The standard InChI is InChI=1S/C10H17N3OS/c1-7-4-8(2)13-10(12-7)15-6-9(14)5-11-3/h4,9,11,14H,5-6H2,1-3H3. The first-order valence-corrected chi connectivity index (χ1v) is 5.88. The number of nitrogens with zero attached hydrogens (tertiary/aromatic N) is 2. The molecule has 1 heterocycles. The van der Waals surface area contributed by atoms with E-state index in [0.29, 0.717) is 12.3 Å². The van der Waals surface area contributed by atoms with Gasteiger partial charge in [0.2, 0.25) is 0 Å². The van der Waals surface area contributed by atoms with Crippen LogP contribution in [0, 0.1) is 13.8 Å². The second kappa shape index (κ2) is 6.05. The van der Waals surface area contributed by atoms with Crippen LogP contribution < -0.4 is 5.32 Å². The fourth-order valence-electron chi connectivity index (χ4n) is 1.22. The van der Waals surface area contributed by atoms with Crippen molar-refractivity contribution in [2.45, 2.75) is 25.1 Å². The third-order valence-corrected chi connectivity index (χ3v) is 2.80. The van der Waals surface area contributed by atoms with E-state index in [9.17, 15) is 5.11 Å². The molecule has 84 valence electrons. The summed E-state index contributed by atoms with van der Waals surface area (Å²) < 4.78 is 0. The molecular weight excluding hydrogens is 210 g/mol. The minimum absolute atomic E-state index is 0.357. The largest absolute Gasteiger partial charge is 0.391 e. The Morgan fingerprint density at radius 3 is 2.53 bits per heavy atom. The van der Waals surface area contributed by atoms with Crippen molar-refractivity contribution in [3.05, 3.63) is 17.5 Å². The number of aliphatic hydroxyl groups excluding tert-OH is 1. The van der Waals surface area contributed by atoms with Crippen LogP contribution in [0.5, 0.6) is 0 Å². The van der Waals surface area contributed by atoms with Crippen molar-refractivity contribution in [1.29, 1.82) is 0 Å². The Kier molecular flexibility index (Phi) is 5.01. The van der Waals surface area contributed by atoms with E-state index in [-0.39, 0.29) is 6.10 Å². The van der Waals surface area contributed by atoms with Gasteiger partial charge in [-0.3, -0.25) is 0 Å². The van der Waals surface area contributed by atoms with E-state index >= 15 is 0 Å². The average molecular weight is 227 g/mol. The van der Waals surface area contributed by atoms with Crippen molar-refractivity contribution >= 4 is 11.8 Å². The Balaban J connectivity index is 2.50. The highest BCUT2D eigenvalue weighted by molar-refractivity contribution is 7.99. The molecule has 0 radical (unpaired) electrons. The molecule has 2 N–H and O–H groups in total. The maximum Gasteiger partial charge on any atom is 0.188 e. The molecule has 0 amide bonds. The van der Waals surface area contributed by atoms with E-state index in [1.54, 1.807) is 0 Å². The number of rotatable bonds is 5. The first-order chi connectivity index (χ1) is 7.11. The van der Waals surface area contributed by atoms with Gasteiger partial charge in [0.05, 0.1) is 6.10 Å². The van der Waals surface area contributed by atoms with E-state index < -0.39 is 0 Å². The van der Waals surface area contributed by atoms with Crippen LogP contribution >= 0.6 is 11.8 Å². The van der Waals surface area contributed by atoms with Crippen LogP contribution in [0.2, 0.25) is 0 Å². The molecule has 0 aromatic carbocycles. The number of hydrogen-bond acceptors (Lipinski definition) is 5. The number of hydrogen-bond donors (Lipinski definition) is 2. The molecule has 1 aromatic rings. The van der Waals surface area contributed by atoms with Crippen molar-refractivity contribution < 1.29 is 5.11 Å². The zero-order chi connectivity index (χ0) is 11.3. The first-order valence-electron chi connectivity index (χ1n) is 4.89. The topological polar surface area (TPSA) is 58.0 Å². The third-order valence-electron chi connectivity index (χ3n) is 1.81. The highest BCUT2D eigenvalue weighted by Crippen LogP contribution is 2.14. The van der Waals surface area contributed by atoms with Gasteiger partial charge in [0, 0.05) is 23.7 Å². The molecule has 1 atom stereocenters. The lowest BCUT2D eigenvalue weighted by molar-refractivity contribution is 0.199. The second-order valence-electron chi connectivity index (χ2n) is 3.46. The Hall–Kier alpha value is -0.650. The van der Waals surface area contributed by atoms with Gasteiger partial charge >= 0.3 is 0 Å². The molecule has 0 aliphatic carbocycles. The van der Waals surface area contributed by atoms with Crippen LogP contribution in [-0.4, -0.2) is 40.5 Å². The summed E-state index contributed by atoms with van der Waals surface area (Å²) in [7, 11) is 1.82. The van der Waals surface area contributed by atoms with Gasteiger partial charge in [0.15, 0.2) is 5.16 Å². The molecule has 0 saturated heterocycles. The molecule has 0 spiro atoms. The highest BCUT2D eigenvalue weighted by atomic mass is 32.2. The second-order valence-corrected chi connectivity index (χ2v) is 4.44. The van der Waals surface area contributed by atoms with Crippen molar-refractivity contribution in [1.82, 2.24) is 15.3 Å². The van der Waals surface area contributed by atoms with E-state index in [0.717, 1.165) is 16.5 Å². The Bertz CT molecular complexity index is 299. The number of aliphatic hydroxyl groups is 1. The van der Waals surface area contributed by atoms with E-state index in [4.69, 9.17) is 0 Å². The van der Waals surface area contributed by atoms with Gasteiger partial charge in [-0.25, -0.2) is 9.97 Å². The lowest BCUT2D eigenvalue weighted by atomic mass is 10.4. The minimum Gasteiger partial charge on any atom is -0.391 e. The lowest BCUT2D eigenvalue weighted by Gasteiger charge is -2.08. The fourth-order valence-corrected chi connectivity index (χ4v) is 2.10. The Labute approximate surface area is 94.5 Å². The fraction of sp³-hybridized carbons (Fsp3) is 0.600. The number of nitrogens with one attached hydrogen (secondary N) is 1. The number of aromatic nitrogens is 2.